The van der Waals surface area contributed by atoms with E-state index < -0.39 is 0 Å². The van der Waals surface area contributed by atoms with Crippen LogP contribution in [-0.4, -0.2) is 48.3 Å². The molecular formula is C22H29N5OS. The van der Waals surface area contributed by atoms with Crippen LogP contribution in [0.2, 0.25) is 0 Å². The van der Waals surface area contributed by atoms with Crippen molar-refractivity contribution in [3.05, 3.63) is 17.5 Å². The fourth-order valence-corrected chi connectivity index (χ4v) is 5.88. The molecule has 3 aromatic heterocycles. The molecule has 7 heteroatoms. The molecule has 0 atom stereocenters. The van der Waals surface area contributed by atoms with Gasteiger partial charge in [-0.2, -0.15) is 0 Å². The van der Waals surface area contributed by atoms with Gasteiger partial charge in [0.05, 0.1) is 10.2 Å². The minimum absolute atomic E-state index is 0.752. The van der Waals surface area contributed by atoms with E-state index in [0.717, 1.165) is 66.4 Å². The first-order chi connectivity index (χ1) is 14.4. The Kier molecular flexibility index (Phi) is 5.50. The number of aromatic nitrogens is 3. The lowest BCUT2D eigenvalue weighted by molar-refractivity contribution is 0.198. The summed E-state index contributed by atoms with van der Waals surface area (Å²) >= 11 is 1.75. The molecule has 0 unspecified atom stereocenters. The quantitative estimate of drug-likeness (QED) is 0.600. The van der Waals surface area contributed by atoms with Crippen LogP contribution in [0, 0.1) is 0 Å². The molecule has 1 fully saturated rings. The van der Waals surface area contributed by atoms with E-state index in [1.54, 1.807) is 24.8 Å². The van der Waals surface area contributed by atoms with E-state index in [9.17, 15) is 0 Å². The number of piperidine rings is 1. The lowest BCUT2D eigenvalue weighted by atomic mass is 9.89. The first-order valence-corrected chi connectivity index (χ1v) is 11.7. The number of ether oxygens (including phenoxy) is 1. The maximum Gasteiger partial charge on any atom is 0.147 e. The molecule has 1 aliphatic carbocycles. The van der Waals surface area contributed by atoms with Crippen molar-refractivity contribution < 1.29 is 4.74 Å². The van der Waals surface area contributed by atoms with Gasteiger partial charge in [-0.25, -0.2) is 15.0 Å². The van der Waals surface area contributed by atoms with Crippen molar-refractivity contribution in [3.8, 4) is 0 Å². The van der Waals surface area contributed by atoms with Crippen LogP contribution in [0.5, 0.6) is 0 Å². The van der Waals surface area contributed by atoms with Crippen LogP contribution in [0.25, 0.3) is 20.4 Å². The Morgan fingerprint density at radius 2 is 1.90 bits per heavy atom. The highest BCUT2D eigenvalue weighted by atomic mass is 32.1. The first-order valence-electron chi connectivity index (χ1n) is 10.9. The van der Waals surface area contributed by atoms with E-state index in [1.807, 2.05) is 0 Å². The second kappa shape index (κ2) is 8.40. The normalized spacial score (nSPS) is 17.1. The van der Waals surface area contributed by atoms with Crippen molar-refractivity contribution in [2.24, 2.45) is 0 Å². The Morgan fingerprint density at radius 1 is 1.07 bits per heavy atom. The average Bonchev–Trinajstić information content (AvgIpc) is 3.16. The van der Waals surface area contributed by atoms with Crippen molar-refractivity contribution in [1.82, 2.24) is 15.0 Å². The Balaban J connectivity index is 1.62. The summed E-state index contributed by atoms with van der Waals surface area (Å²) in [5.74, 6) is 2.18. The van der Waals surface area contributed by atoms with Crippen LogP contribution in [0.3, 0.4) is 0 Å². The molecule has 0 spiro atoms. The number of fused-ring (bicyclic) bond motifs is 5. The molecular weight excluding hydrogens is 382 g/mol. The maximum atomic E-state index is 5.23. The zero-order chi connectivity index (χ0) is 19.6. The van der Waals surface area contributed by atoms with Crippen molar-refractivity contribution in [3.63, 3.8) is 0 Å². The monoisotopic (exact) mass is 411 g/mol. The largest absolute Gasteiger partial charge is 0.385 e. The number of aryl methyl sites for hydroxylation is 1. The highest BCUT2D eigenvalue weighted by molar-refractivity contribution is 7.26. The number of methoxy groups -OCH3 is 1. The highest BCUT2D eigenvalue weighted by Crippen LogP contribution is 2.42. The van der Waals surface area contributed by atoms with Crippen LogP contribution in [0.15, 0.2) is 6.33 Å². The van der Waals surface area contributed by atoms with Gasteiger partial charge < -0.3 is 15.0 Å². The van der Waals surface area contributed by atoms with E-state index in [4.69, 9.17) is 14.7 Å². The molecule has 0 bridgehead atoms. The average molecular weight is 412 g/mol. The molecule has 0 aromatic carbocycles. The molecule has 1 saturated heterocycles. The van der Waals surface area contributed by atoms with Crippen LogP contribution in [0.1, 0.15) is 49.7 Å². The molecule has 0 amide bonds. The van der Waals surface area contributed by atoms with Gasteiger partial charge in [0.15, 0.2) is 0 Å². The van der Waals surface area contributed by atoms with Gasteiger partial charge in [0, 0.05) is 38.7 Å². The molecule has 29 heavy (non-hydrogen) atoms. The van der Waals surface area contributed by atoms with Gasteiger partial charge >= 0.3 is 0 Å². The van der Waals surface area contributed by atoms with Gasteiger partial charge in [0.1, 0.15) is 22.8 Å². The van der Waals surface area contributed by atoms with E-state index in [1.165, 1.54) is 54.4 Å². The predicted molar refractivity (Wildman–Crippen MR) is 120 cm³/mol. The van der Waals surface area contributed by atoms with Crippen LogP contribution < -0.4 is 10.2 Å². The van der Waals surface area contributed by atoms with Crippen molar-refractivity contribution in [2.75, 3.05) is 43.6 Å². The zero-order valence-corrected chi connectivity index (χ0v) is 18.0. The molecule has 0 radical (unpaired) electrons. The molecule has 1 aliphatic heterocycles. The second-order valence-corrected chi connectivity index (χ2v) is 9.10. The van der Waals surface area contributed by atoms with E-state index in [2.05, 4.69) is 15.2 Å². The van der Waals surface area contributed by atoms with E-state index in [-0.39, 0.29) is 0 Å². The van der Waals surface area contributed by atoms with Crippen LogP contribution >= 0.6 is 11.3 Å². The molecule has 0 saturated carbocycles. The Morgan fingerprint density at radius 3 is 2.72 bits per heavy atom. The summed E-state index contributed by atoms with van der Waals surface area (Å²) in [5, 5.41) is 4.76. The van der Waals surface area contributed by atoms with Crippen LogP contribution in [0.4, 0.5) is 11.6 Å². The summed E-state index contributed by atoms with van der Waals surface area (Å²) in [6.45, 7) is 3.88. The standard InChI is InChI=1S/C22H29N5OS/c1-28-13-7-10-23-20-19-18(24-14-25-20)17-15-8-3-4-9-16(15)21(26-22(17)29-19)27-11-5-2-6-12-27/h14H,2-13H2,1H3,(H,23,24,25). The molecule has 1 N–H and O–H groups in total. The maximum absolute atomic E-state index is 5.23. The summed E-state index contributed by atoms with van der Waals surface area (Å²) < 4.78 is 6.30. The Labute approximate surface area is 175 Å². The number of nitrogens with zero attached hydrogens (tertiary/aromatic N) is 4. The minimum Gasteiger partial charge on any atom is -0.385 e. The lowest BCUT2D eigenvalue weighted by Crippen LogP contribution is -2.31. The molecule has 154 valence electrons. The number of nitrogens with one attached hydrogen (secondary N) is 1. The summed E-state index contributed by atoms with van der Waals surface area (Å²) in [4.78, 5) is 18.1. The third kappa shape index (κ3) is 3.55. The van der Waals surface area contributed by atoms with Gasteiger partial charge in [0.2, 0.25) is 0 Å². The van der Waals surface area contributed by atoms with Gasteiger partial charge in [-0.1, -0.05) is 0 Å². The number of rotatable bonds is 6. The molecule has 5 rings (SSSR count). The predicted octanol–water partition coefficient (Wildman–Crippen LogP) is 4.56. The second-order valence-electron chi connectivity index (χ2n) is 8.10. The number of hydrogen-bond acceptors (Lipinski definition) is 7. The lowest BCUT2D eigenvalue weighted by Gasteiger charge is -2.31. The SMILES string of the molecule is COCCCNc1ncnc2c1sc1nc(N3CCCCC3)c3c(c12)CCCC3. The smallest absolute Gasteiger partial charge is 0.147 e. The fourth-order valence-electron chi connectivity index (χ4n) is 4.76. The Bertz CT molecular complexity index is 1010. The van der Waals surface area contributed by atoms with E-state index in [0.29, 0.717) is 0 Å². The fraction of sp³-hybridized carbons (Fsp3) is 0.591. The molecule has 4 heterocycles. The van der Waals surface area contributed by atoms with Gasteiger partial charge in [-0.3, -0.25) is 0 Å². The number of anilines is 2. The summed E-state index contributed by atoms with van der Waals surface area (Å²) in [6.07, 6.45) is 11.4. The van der Waals surface area contributed by atoms with Crippen LogP contribution in [-0.2, 0) is 17.6 Å². The summed E-state index contributed by atoms with van der Waals surface area (Å²) in [6, 6.07) is 0. The van der Waals surface area contributed by atoms with Crippen molar-refractivity contribution in [1.29, 1.82) is 0 Å². The Hall–Kier alpha value is -1.99. The molecule has 3 aromatic rings. The molecule has 6 nitrogen and oxygen atoms in total. The van der Waals surface area contributed by atoms with Crippen molar-refractivity contribution >= 4 is 43.4 Å². The molecule has 2 aliphatic rings. The number of thiophene rings is 1. The summed E-state index contributed by atoms with van der Waals surface area (Å²) in [7, 11) is 1.74. The van der Waals surface area contributed by atoms with Gasteiger partial charge in [-0.05, 0) is 62.5 Å². The third-order valence-corrected chi connectivity index (χ3v) is 7.25. The topological polar surface area (TPSA) is 63.2 Å². The zero-order valence-electron chi connectivity index (χ0n) is 17.2. The van der Waals surface area contributed by atoms with Crippen molar-refractivity contribution in [2.45, 2.75) is 51.4 Å². The first kappa shape index (κ1) is 19.0. The number of pyridine rings is 1. The van der Waals surface area contributed by atoms with E-state index >= 15 is 0 Å². The summed E-state index contributed by atoms with van der Waals surface area (Å²) in [5.41, 5.74) is 4.06. The third-order valence-electron chi connectivity index (χ3n) is 6.17. The minimum atomic E-state index is 0.752. The number of hydrogen-bond donors (Lipinski definition) is 1. The van der Waals surface area contributed by atoms with Gasteiger partial charge in [-0.15, -0.1) is 11.3 Å². The highest BCUT2D eigenvalue weighted by Gasteiger charge is 2.26. The van der Waals surface area contributed by atoms with Gasteiger partial charge in [0.25, 0.3) is 0 Å².